The summed E-state index contributed by atoms with van der Waals surface area (Å²) in [5.74, 6) is -0.922. The van der Waals surface area contributed by atoms with Gasteiger partial charge in [0, 0.05) is 36.9 Å². The lowest BCUT2D eigenvalue weighted by atomic mass is 10.0. The van der Waals surface area contributed by atoms with Crippen LogP contribution < -0.4 is 5.32 Å². The Kier molecular flexibility index (Phi) is 5.52. The Bertz CT molecular complexity index is 1110. The molecule has 0 spiro atoms. The van der Waals surface area contributed by atoms with Gasteiger partial charge in [0.1, 0.15) is 5.82 Å². The summed E-state index contributed by atoms with van der Waals surface area (Å²) in [6.45, 7) is 0.633. The number of para-hydroxylation sites is 1. The Morgan fingerprint density at radius 1 is 1.03 bits per heavy atom. The molecular formula is C23H20FN3O3. The topological polar surface area (TPSA) is 79.4 Å². The molecule has 1 aliphatic heterocycles. The fourth-order valence-corrected chi connectivity index (χ4v) is 3.54. The zero-order chi connectivity index (χ0) is 21.1. The molecular weight excluding hydrogens is 385 g/mol. The molecule has 7 heteroatoms. The number of amides is 3. The van der Waals surface area contributed by atoms with Gasteiger partial charge in [-0.25, -0.2) is 9.37 Å². The Morgan fingerprint density at radius 2 is 1.73 bits per heavy atom. The molecule has 1 N–H and O–H groups in total. The van der Waals surface area contributed by atoms with E-state index >= 15 is 0 Å². The molecule has 1 fully saturated rings. The van der Waals surface area contributed by atoms with Gasteiger partial charge in [0.15, 0.2) is 0 Å². The van der Waals surface area contributed by atoms with Gasteiger partial charge in [-0.1, -0.05) is 18.2 Å². The Labute approximate surface area is 172 Å². The number of halogens is 1. The maximum absolute atomic E-state index is 13.3. The van der Waals surface area contributed by atoms with Crippen molar-refractivity contribution >= 4 is 28.6 Å². The van der Waals surface area contributed by atoms with Gasteiger partial charge in [-0.2, -0.15) is 0 Å². The van der Waals surface area contributed by atoms with Crippen molar-refractivity contribution in [2.24, 2.45) is 0 Å². The SMILES string of the molecule is O=C(NCCCN1C(=O)CCC1=O)c1cc(-c2ccc(F)cc2)nc2ccccc12. The van der Waals surface area contributed by atoms with E-state index in [1.54, 1.807) is 18.2 Å². The second-order valence-electron chi connectivity index (χ2n) is 7.13. The summed E-state index contributed by atoms with van der Waals surface area (Å²) in [7, 11) is 0. The van der Waals surface area contributed by atoms with Crippen LogP contribution in [-0.2, 0) is 9.59 Å². The van der Waals surface area contributed by atoms with E-state index in [-0.39, 0.29) is 36.4 Å². The number of imide groups is 1. The van der Waals surface area contributed by atoms with Gasteiger partial charge in [0.25, 0.3) is 5.91 Å². The first-order valence-electron chi connectivity index (χ1n) is 9.80. The number of hydrogen-bond acceptors (Lipinski definition) is 4. The lowest BCUT2D eigenvalue weighted by Crippen LogP contribution is -2.33. The average Bonchev–Trinajstić information content (AvgIpc) is 3.08. The zero-order valence-electron chi connectivity index (χ0n) is 16.2. The molecule has 1 saturated heterocycles. The molecule has 3 amide bonds. The van der Waals surface area contributed by atoms with Crippen LogP contribution in [0.5, 0.6) is 0 Å². The van der Waals surface area contributed by atoms with E-state index in [1.807, 2.05) is 24.3 Å². The summed E-state index contributed by atoms with van der Waals surface area (Å²) >= 11 is 0. The Hall–Kier alpha value is -3.61. The molecule has 0 atom stereocenters. The van der Waals surface area contributed by atoms with Crippen molar-refractivity contribution < 1.29 is 18.8 Å². The quantitative estimate of drug-likeness (QED) is 0.504. The molecule has 0 aliphatic carbocycles. The minimum absolute atomic E-state index is 0.157. The largest absolute Gasteiger partial charge is 0.352 e. The molecule has 0 radical (unpaired) electrons. The number of hydrogen-bond donors (Lipinski definition) is 1. The highest BCUT2D eigenvalue weighted by Gasteiger charge is 2.28. The summed E-state index contributed by atoms with van der Waals surface area (Å²) < 4.78 is 13.3. The molecule has 0 bridgehead atoms. The van der Waals surface area contributed by atoms with Crippen LogP contribution in [0.1, 0.15) is 29.6 Å². The fourth-order valence-electron chi connectivity index (χ4n) is 3.54. The van der Waals surface area contributed by atoms with Crippen LogP contribution in [0.2, 0.25) is 0 Å². The molecule has 2 aromatic carbocycles. The smallest absolute Gasteiger partial charge is 0.252 e. The third-order valence-electron chi connectivity index (χ3n) is 5.10. The number of nitrogens with one attached hydrogen (secondary N) is 1. The summed E-state index contributed by atoms with van der Waals surface area (Å²) in [5.41, 5.74) is 2.42. The van der Waals surface area contributed by atoms with E-state index in [0.29, 0.717) is 47.2 Å². The van der Waals surface area contributed by atoms with E-state index in [4.69, 9.17) is 0 Å². The standard InChI is InChI=1S/C23H20FN3O3/c24-16-8-6-15(7-9-16)20-14-18(17-4-1-2-5-19(17)26-20)23(30)25-12-3-13-27-21(28)10-11-22(27)29/h1-2,4-9,14H,3,10-13H2,(H,25,30). The first-order valence-corrected chi connectivity index (χ1v) is 9.80. The van der Waals surface area contributed by atoms with Crippen molar-refractivity contribution in [3.63, 3.8) is 0 Å². The molecule has 2 heterocycles. The number of rotatable bonds is 6. The van der Waals surface area contributed by atoms with Crippen molar-refractivity contribution in [1.29, 1.82) is 0 Å². The highest BCUT2D eigenvalue weighted by atomic mass is 19.1. The van der Waals surface area contributed by atoms with E-state index in [2.05, 4.69) is 10.3 Å². The number of aromatic nitrogens is 1. The molecule has 6 nitrogen and oxygen atoms in total. The third-order valence-corrected chi connectivity index (χ3v) is 5.10. The minimum atomic E-state index is -0.340. The second kappa shape index (κ2) is 8.41. The molecule has 152 valence electrons. The molecule has 0 saturated carbocycles. The Morgan fingerprint density at radius 3 is 2.47 bits per heavy atom. The molecule has 1 aromatic heterocycles. The normalized spacial score (nSPS) is 13.8. The maximum atomic E-state index is 13.3. The number of benzene rings is 2. The van der Waals surface area contributed by atoms with Gasteiger partial charge < -0.3 is 5.32 Å². The van der Waals surface area contributed by atoms with E-state index in [9.17, 15) is 18.8 Å². The minimum Gasteiger partial charge on any atom is -0.352 e. The van der Waals surface area contributed by atoms with Crippen molar-refractivity contribution in [1.82, 2.24) is 15.2 Å². The monoisotopic (exact) mass is 405 g/mol. The number of fused-ring (bicyclic) bond motifs is 1. The summed E-state index contributed by atoms with van der Waals surface area (Å²) in [4.78, 5) is 42.0. The lowest BCUT2D eigenvalue weighted by molar-refractivity contribution is -0.138. The van der Waals surface area contributed by atoms with Gasteiger partial charge in [-0.3, -0.25) is 19.3 Å². The van der Waals surface area contributed by atoms with Crippen LogP contribution in [0.4, 0.5) is 4.39 Å². The van der Waals surface area contributed by atoms with Gasteiger partial charge >= 0.3 is 0 Å². The summed E-state index contributed by atoms with van der Waals surface area (Å²) in [6, 6.07) is 15.0. The van der Waals surface area contributed by atoms with Crippen LogP contribution >= 0.6 is 0 Å². The molecule has 4 rings (SSSR count). The highest BCUT2D eigenvalue weighted by molar-refractivity contribution is 6.07. The molecule has 30 heavy (non-hydrogen) atoms. The van der Waals surface area contributed by atoms with Crippen LogP contribution in [0.15, 0.2) is 54.6 Å². The highest BCUT2D eigenvalue weighted by Crippen LogP contribution is 2.25. The molecule has 1 aliphatic rings. The van der Waals surface area contributed by atoms with Gasteiger partial charge in [0.05, 0.1) is 16.8 Å². The van der Waals surface area contributed by atoms with E-state index in [1.165, 1.54) is 17.0 Å². The van der Waals surface area contributed by atoms with Crippen molar-refractivity contribution in [2.45, 2.75) is 19.3 Å². The van der Waals surface area contributed by atoms with Gasteiger partial charge in [-0.05, 0) is 42.8 Å². The first kappa shape index (κ1) is 19.7. The lowest BCUT2D eigenvalue weighted by Gasteiger charge is -2.14. The van der Waals surface area contributed by atoms with Crippen LogP contribution in [0.3, 0.4) is 0 Å². The maximum Gasteiger partial charge on any atom is 0.252 e. The average molecular weight is 405 g/mol. The predicted molar refractivity (Wildman–Crippen MR) is 110 cm³/mol. The number of nitrogens with zero attached hydrogens (tertiary/aromatic N) is 2. The number of pyridine rings is 1. The van der Waals surface area contributed by atoms with E-state index in [0.717, 1.165) is 0 Å². The van der Waals surface area contributed by atoms with E-state index < -0.39 is 0 Å². The van der Waals surface area contributed by atoms with Gasteiger partial charge in [-0.15, -0.1) is 0 Å². The number of carbonyl (C=O) groups is 3. The van der Waals surface area contributed by atoms with Crippen LogP contribution in [0.25, 0.3) is 22.2 Å². The first-order chi connectivity index (χ1) is 14.5. The number of likely N-dealkylation sites (tertiary alicyclic amines) is 1. The number of carbonyl (C=O) groups excluding carboxylic acids is 3. The molecule has 0 unspecified atom stereocenters. The van der Waals surface area contributed by atoms with Crippen molar-refractivity contribution in [2.75, 3.05) is 13.1 Å². The van der Waals surface area contributed by atoms with Crippen LogP contribution in [-0.4, -0.2) is 40.7 Å². The summed E-state index contributed by atoms with van der Waals surface area (Å²) in [6.07, 6.45) is 1.01. The van der Waals surface area contributed by atoms with Crippen LogP contribution in [0, 0.1) is 5.82 Å². The second-order valence-corrected chi connectivity index (χ2v) is 7.13. The fraction of sp³-hybridized carbons (Fsp3) is 0.217. The van der Waals surface area contributed by atoms with Crippen molar-refractivity contribution in [3.05, 3.63) is 66.0 Å². The summed E-state index contributed by atoms with van der Waals surface area (Å²) in [5, 5.41) is 3.57. The zero-order valence-corrected chi connectivity index (χ0v) is 16.2. The van der Waals surface area contributed by atoms with Gasteiger partial charge in [0.2, 0.25) is 11.8 Å². The predicted octanol–water partition coefficient (Wildman–Crippen LogP) is 3.31. The Balaban J connectivity index is 1.52. The molecule has 3 aromatic rings. The van der Waals surface area contributed by atoms with Crippen molar-refractivity contribution in [3.8, 4) is 11.3 Å². The third kappa shape index (κ3) is 4.05.